The molecule has 0 radical (unpaired) electrons. The first kappa shape index (κ1) is 13.9. The van der Waals surface area contributed by atoms with E-state index < -0.39 is 0 Å². The van der Waals surface area contributed by atoms with Crippen molar-refractivity contribution in [1.82, 2.24) is 0 Å². The van der Waals surface area contributed by atoms with Gasteiger partial charge in [0.15, 0.2) is 0 Å². The van der Waals surface area contributed by atoms with Crippen LogP contribution in [0, 0.1) is 10.8 Å². The fourth-order valence-electron chi connectivity index (χ4n) is 1.96. The number of aliphatic hydroxyl groups is 1. The number of rotatable bonds is 6. The summed E-state index contributed by atoms with van der Waals surface area (Å²) in [4.78, 5) is 0. The third-order valence-corrected chi connectivity index (χ3v) is 3.74. The van der Waals surface area contributed by atoms with E-state index in [9.17, 15) is 0 Å². The van der Waals surface area contributed by atoms with Crippen molar-refractivity contribution in [2.45, 2.75) is 59.9 Å². The van der Waals surface area contributed by atoms with E-state index in [4.69, 9.17) is 10.8 Å². The molecule has 0 saturated heterocycles. The van der Waals surface area contributed by atoms with E-state index in [0.29, 0.717) is 5.41 Å². The van der Waals surface area contributed by atoms with Gasteiger partial charge in [0.05, 0.1) is 6.61 Å². The van der Waals surface area contributed by atoms with Crippen LogP contribution in [0.15, 0.2) is 0 Å². The maximum atomic E-state index is 9.15. The Morgan fingerprint density at radius 2 is 1.64 bits per heavy atom. The van der Waals surface area contributed by atoms with Crippen molar-refractivity contribution < 1.29 is 5.11 Å². The quantitative estimate of drug-likeness (QED) is 0.693. The number of aliphatic hydroxyl groups excluding tert-OH is 1. The van der Waals surface area contributed by atoms with Gasteiger partial charge in [-0.05, 0) is 23.7 Å². The summed E-state index contributed by atoms with van der Waals surface area (Å²) in [6, 6.07) is -0.0988. The summed E-state index contributed by atoms with van der Waals surface area (Å²) in [7, 11) is 0. The molecular weight excluding hydrogens is 174 g/mol. The molecule has 0 bridgehead atoms. The van der Waals surface area contributed by atoms with Gasteiger partial charge in [-0.15, -0.1) is 0 Å². The average molecular weight is 201 g/mol. The fraction of sp³-hybridized carbons (Fsp3) is 1.00. The molecule has 0 spiro atoms. The molecule has 0 aliphatic carbocycles. The van der Waals surface area contributed by atoms with Crippen LogP contribution in [0.1, 0.15) is 53.9 Å². The van der Waals surface area contributed by atoms with Gasteiger partial charge in [0, 0.05) is 6.04 Å². The third-order valence-electron chi connectivity index (χ3n) is 3.74. The topological polar surface area (TPSA) is 46.2 Å². The molecule has 0 heterocycles. The molecule has 0 aromatic rings. The van der Waals surface area contributed by atoms with Gasteiger partial charge in [-0.1, -0.05) is 41.0 Å². The normalized spacial score (nSPS) is 19.1. The standard InChI is InChI=1S/C12H27NO/c1-6-11(3,4)9-12(5,7-2)10(13)8-14/h10,14H,6-9,13H2,1-5H3/t10-,12?/m1/s1. The minimum absolute atomic E-state index is 0.0637. The molecule has 0 aromatic heterocycles. The van der Waals surface area contributed by atoms with Gasteiger partial charge in [0.1, 0.15) is 0 Å². The second-order valence-electron chi connectivity index (χ2n) is 5.49. The van der Waals surface area contributed by atoms with Crippen LogP contribution < -0.4 is 5.73 Å². The van der Waals surface area contributed by atoms with Crippen molar-refractivity contribution in [3.63, 3.8) is 0 Å². The molecule has 2 nitrogen and oxygen atoms in total. The average Bonchev–Trinajstić information content (AvgIpc) is 2.15. The highest BCUT2D eigenvalue weighted by Gasteiger charge is 2.34. The molecule has 0 aliphatic heterocycles. The van der Waals surface area contributed by atoms with Crippen molar-refractivity contribution >= 4 is 0 Å². The lowest BCUT2D eigenvalue weighted by Crippen LogP contribution is -2.44. The van der Waals surface area contributed by atoms with E-state index in [0.717, 1.165) is 19.3 Å². The van der Waals surface area contributed by atoms with Gasteiger partial charge in [-0.3, -0.25) is 0 Å². The van der Waals surface area contributed by atoms with Crippen LogP contribution in [-0.2, 0) is 0 Å². The maximum absolute atomic E-state index is 9.15. The summed E-state index contributed by atoms with van der Waals surface area (Å²) in [5.74, 6) is 0. The third kappa shape index (κ3) is 3.58. The Balaban J connectivity index is 4.54. The molecule has 0 aromatic carbocycles. The Morgan fingerprint density at radius 1 is 1.14 bits per heavy atom. The predicted octanol–water partition coefficient (Wildman–Crippen LogP) is 2.55. The highest BCUT2D eigenvalue weighted by molar-refractivity contribution is 4.88. The summed E-state index contributed by atoms with van der Waals surface area (Å²) < 4.78 is 0. The smallest absolute Gasteiger partial charge is 0.0587 e. The van der Waals surface area contributed by atoms with Crippen molar-refractivity contribution in [3.05, 3.63) is 0 Å². The van der Waals surface area contributed by atoms with E-state index in [1.165, 1.54) is 0 Å². The Kier molecular flexibility index (Phi) is 5.10. The lowest BCUT2D eigenvalue weighted by molar-refractivity contribution is 0.0959. The first-order chi connectivity index (χ1) is 6.31. The van der Waals surface area contributed by atoms with Gasteiger partial charge < -0.3 is 10.8 Å². The summed E-state index contributed by atoms with van der Waals surface area (Å²) in [5, 5.41) is 9.15. The molecule has 1 unspecified atom stereocenters. The SMILES string of the molecule is CCC(C)(C)CC(C)(CC)[C@H](N)CO. The molecular formula is C12H27NO. The first-order valence-corrected chi connectivity index (χ1v) is 5.67. The predicted molar refractivity (Wildman–Crippen MR) is 62.1 cm³/mol. The Labute approximate surface area is 88.9 Å². The van der Waals surface area contributed by atoms with Gasteiger partial charge in [-0.25, -0.2) is 0 Å². The zero-order valence-corrected chi connectivity index (χ0v) is 10.4. The van der Waals surface area contributed by atoms with Gasteiger partial charge >= 0.3 is 0 Å². The molecule has 0 aliphatic rings. The molecule has 2 atom stereocenters. The van der Waals surface area contributed by atoms with E-state index >= 15 is 0 Å². The minimum Gasteiger partial charge on any atom is -0.395 e. The summed E-state index contributed by atoms with van der Waals surface area (Å²) in [5.41, 5.74) is 6.35. The molecule has 14 heavy (non-hydrogen) atoms. The van der Waals surface area contributed by atoms with Crippen molar-refractivity contribution in [3.8, 4) is 0 Å². The van der Waals surface area contributed by atoms with Crippen LogP contribution in [0.5, 0.6) is 0 Å². The minimum atomic E-state index is -0.0988. The highest BCUT2D eigenvalue weighted by Crippen LogP contribution is 2.40. The lowest BCUT2D eigenvalue weighted by Gasteiger charge is -2.40. The highest BCUT2D eigenvalue weighted by atomic mass is 16.3. The van der Waals surface area contributed by atoms with Gasteiger partial charge in [-0.2, -0.15) is 0 Å². The molecule has 0 amide bonds. The van der Waals surface area contributed by atoms with Crippen LogP contribution in [0.2, 0.25) is 0 Å². The second-order valence-corrected chi connectivity index (χ2v) is 5.49. The molecule has 86 valence electrons. The zero-order valence-electron chi connectivity index (χ0n) is 10.4. The van der Waals surface area contributed by atoms with E-state index in [2.05, 4.69) is 34.6 Å². The lowest BCUT2D eigenvalue weighted by atomic mass is 9.68. The Hall–Kier alpha value is -0.0800. The van der Waals surface area contributed by atoms with Crippen LogP contribution >= 0.6 is 0 Å². The van der Waals surface area contributed by atoms with Crippen LogP contribution in [0.3, 0.4) is 0 Å². The van der Waals surface area contributed by atoms with Crippen LogP contribution in [0.25, 0.3) is 0 Å². The van der Waals surface area contributed by atoms with E-state index in [1.54, 1.807) is 0 Å². The van der Waals surface area contributed by atoms with Gasteiger partial charge in [0.2, 0.25) is 0 Å². The maximum Gasteiger partial charge on any atom is 0.0587 e. The number of hydrogen-bond acceptors (Lipinski definition) is 2. The molecule has 2 heteroatoms. The van der Waals surface area contributed by atoms with Crippen LogP contribution in [0.4, 0.5) is 0 Å². The van der Waals surface area contributed by atoms with Crippen LogP contribution in [-0.4, -0.2) is 17.8 Å². The largest absolute Gasteiger partial charge is 0.395 e. The van der Waals surface area contributed by atoms with Crippen molar-refractivity contribution in [1.29, 1.82) is 0 Å². The summed E-state index contributed by atoms with van der Waals surface area (Å²) in [6.07, 6.45) is 3.26. The molecule has 0 fully saturated rings. The molecule has 0 rings (SSSR count). The zero-order chi connectivity index (χ0) is 11.4. The van der Waals surface area contributed by atoms with E-state index in [1.807, 2.05) is 0 Å². The monoisotopic (exact) mass is 201 g/mol. The second kappa shape index (κ2) is 5.13. The summed E-state index contributed by atoms with van der Waals surface area (Å²) in [6.45, 7) is 11.2. The summed E-state index contributed by atoms with van der Waals surface area (Å²) >= 11 is 0. The molecule has 3 N–H and O–H groups in total. The Morgan fingerprint density at radius 3 is 1.93 bits per heavy atom. The number of nitrogens with two attached hydrogens (primary N) is 1. The Bertz CT molecular complexity index is 168. The fourth-order valence-corrected chi connectivity index (χ4v) is 1.96. The first-order valence-electron chi connectivity index (χ1n) is 5.67. The number of hydrogen-bond donors (Lipinski definition) is 2. The van der Waals surface area contributed by atoms with Crippen molar-refractivity contribution in [2.24, 2.45) is 16.6 Å². The molecule has 0 saturated carbocycles. The van der Waals surface area contributed by atoms with E-state index in [-0.39, 0.29) is 18.1 Å². The van der Waals surface area contributed by atoms with Crippen molar-refractivity contribution in [2.75, 3.05) is 6.61 Å². The van der Waals surface area contributed by atoms with Gasteiger partial charge in [0.25, 0.3) is 0 Å².